The first-order valence-corrected chi connectivity index (χ1v) is 14.1. The van der Waals surface area contributed by atoms with E-state index in [0.717, 1.165) is 72.8 Å². The van der Waals surface area contributed by atoms with Crippen LogP contribution in [-0.2, 0) is 4.79 Å². The molecule has 1 fully saturated rings. The Morgan fingerprint density at radius 3 is 2.80 bits per heavy atom. The molecule has 3 aromatic rings. The number of nitrogens with one attached hydrogen (secondary N) is 4. The van der Waals surface area contributed by atoms with Crippen LogP contribution in [0.15, 0.2) is 83.5 Å². The number of allylic oxidation sites excluding steroid dienone is 3. The molecule has 2 amide bonds. The summed E-state index contributed by atoms with van der Waals surface area (Å²) in [6.07, 6.45) is 13.4. The highest BCUT2D eigenvalue weighted by Gasteiger charge is 2.24. The van der Waals surface area contributed by atoms with E-state index < -0.39 is 11.7 Å². The number of amides is 2. The van der Waals surface area contributed by atoms with Gasteiger partial charge in [-0.25, -0.2) is 9.37 Å². The Morgan fingerprint density at radius 2 is 2.00 bits per heavy atom. The summed E-state index contributed by atoms with van der Waals surface area (Å²) in [5.74, 6) is -1.46. The Hall–Kier alpha value is -4.24. The molecule has 1 saturated carbocycles. The van der Waals surface area contributed by atoms with Crippen molar-refractivity contribution in [3.05, 3.63) is 89.8 Å². The molecule has 41 heavy (non-hydrogen) atoms. The fourth-order valence-electron chi connectivity index (χ4n) is 5.24. The third-order valence-corrected chi connectivity index (χ3v) is 7.60. The van der Waals surface area contributed by atoms with E-state index in [9.17, 15) is 14.0 Å². The molecule has 0 spiro atoms. The highest BCUT2D eigenvalue weighted by molar-refractivity contribution is 6.37. The molecule has 2 aromatic heterocycles. The molecule has 2 aliphatic rings. The van der Waals surface area contributed by atoms with Crippen LogP contribution in [0.5, 0.6) is 0 Å². The van der Waals surface area contributed by atoms with E-state index in [-0.39, 0.29) is 29.4 Å². The molecular weight excluding hydrogens is 543 g/mol. The van der Waals surface area contributed by atoms with Gasteiger partial charge >= 0.3 is 0 Å². The summed E-state index contributed by atoms with van der Waals surface area (Å²) in [4.78, 5) is 36.7. The van der Waals surface area contributed by atoms with Crippen LogP contribution in [0.4, 0.5) is 10.1 Å². The minimum atomic E-state index is -1.10. The molecule has 0 bridgehead atoms. The number of nitrogens with zero attached hydrogens (tertiary/aromatic N) is 2. The first-order chi connectivity index (χ1) is 19.9. The molecule has 1 aromatic carbocycles. The summed E-state index contributed by atoms with van der Waals surface area (Å²) in [5, 5.41) is 10.5. The molecule has 10 heteroatoms. The third-order valence-electron chi connectivity index (χ3n) is 7.29. The molecule has 1 aliphatic heterocycles. The van der Waals surface area contributed by atoms with Gasteiger partial charge in [-0.15, -0.1) is 0 Å². The molecule has 0 saturated heterocycles. The quantitative estimate of drug-likeness (QED) is 0.257. The number of aromatic nitrogens is 2. The number of hydrogen-bond acceptors (Lipinski definition) is 4. The molecule has 5 rings (SSSR count). The van der Waals surface area contributed by atoms with E-state index in [1.54, 1.807) is 0 Å². The first-order valence-electron chi connectivity index (χ1n) is 13.8. The predicted molar refractivity (Wildman–Crippen MR) is 161 cm³/mol. The lowest BCUT2D eigenvalue weighted by molar-refractivity contribution is -0.114. The van der Waals surface area contributed by atoms with E-state index in [2.05, 4.69) is 50.7 Å². The second kappa shape index (κ2) is 13.0. The number of H-pyrrole nitrogens is 1. The van der Waals surface area contributed by atoms with Gasteiger partial charge in [0.25, 0.3) is 11.8 Å². The number of hydrogen-bond donors (Lipinski definition) is 4. The number of carbonyl (C=O) groups excluding carboxylic acids is 2. The molecule has 2 atom stereocenters. The van der Waals surface area contributed by atoms with Gasteiger partial charge in [-0.3, -0.25) is 14.6 Å². The molecule has 0 radical (unpaired) electrons. The van der Waals surface area contributed by atoms with Crippen LogP contribution in [-0.4, -0.2) is 39.7 Å². The molecular formula is C31H32ClFN6O2. The van der Waals surface area contributed by atoms with E-state index >= 15 is 0 Å². The monoisotopic (exact) mass is 574 g/mol. The Labute approximate surface area is 242 Å². The van der Waals surface area contributed by atoms with Gasteiger partial charge in [0.15, 0.2) is 5.83 Å². The van der Waals surface area contributed by atoms with Crippen molar-refractivity contribution in [1.29, 1.82) is 0 Å². The molecule has 1 aliphatic carbocycles. The summed E-state index contributed by atoms with van der Waals surface area (Å²) in [6, 6.07) is 11.2. The lowest BCUT2D eigenvalue weighted by atomic mass is 9.91. The minimum absolute atomic E-state index is 0.0350. The van der Waals surface area contributed by atoms with Crippen LogP contribution in [0, 0.1) is 0 Å². The van der Waals surface area contributed by atoms with E-state index in [1.165, 1.54) is 18.3 Å². The number of fused-ring (bicyclic) bond motifs is 1. The maximum Gasteiger partial charge on any atom is 0.283 e. The van der Waals surface area contributed by atoms with Gasteiger partial charge in [0.05, 0.1) is 23.0 Å². The number of carbonyl (C=O) groups is 2. The van der Waals surface area contributed by atoms with Crippen molar-refractivity contribution in [2.45, 2.75) is 57.0 Å². The maximum atomic E-state index is 12.9. The van der Waals surface area contributed by atoms with Gasteiger partial charge in [-0.2, -0.15) is 0 Å². The highest BCUT2D eigenvalue weighted by atomic mass is 35.5. The summed E-state index contributed by atoms with van der Waals surface area (Å²) in [6.45, 7) is 2.95. The Kier molecular flexibility index (Phi) is 8.94. The van der Waals surface area contributed by atoms with E-state index in [4.69, 9.17) is 16.6 Å². The zero-order valence-electron chi connectivity index (χ0n) is 22.6. The Balaban J connectivity index is 1.20. The summed E-state index contributed by atoms with van der Waals surface area (Å²) in [5.41, 5.74) is 3.64. The SMILES string of the molecule is C=C(F)C(=O)Nc1ccc(C(=O)N[C@H]2CCC[C@@H](N=C3CCC/C=C(c4c[nH]c5ccccc45)\C(Cl)=C/N3)C2)nc1. The predicted octanol–water partition coefficient (Wildman–Crippen LogP) is 6.36. The van der Waals surface area contributed by atoms with Gasteiger partial charge < -0.3 is 20.9 Å². The van der Waals surface area contributed by atoms with Crippen LogP contribution in [0.3, 0.4) is 0 Å². The Bertz CT molecular complexity index is 1540. The number of benzene rings is 1. The van der Waals surface area contributed by atoms with Gasteiger partial charge in [0.2, 0.25) is 0 Å². The minimum Gasteiger partial charge on any atom is -0.361 e. The lowest BCUT2D eigenvalue weighted by Gasteiger charge is -2.28. The number of para-hydroxylation sites is 1. The maximum absolute atomic E-state index is 12.9. The lowest BCUT2D eigenvalue weighted by Crippen LogP contribution is -2.40. The zero-order valence-corrected chi connectivity index (χ0v) is 23.3. The van der Waals surface area contributed by atoms with Crippen molar-refractivity contribution >= 4 is 51.4 Å². The molecule has 8 nitrogen and oxygen atoms in total. The Morgan fingerprint density at radius 1 is 1.15 bits per heavy atom. The van der Waals surface area contributed by atoms with Crippen LogP contribution >= 0.6 is 11.6 Å². The van der Waals surface area contributed by atoms with Crippen molar-refractivity contribution in [2.75, 3.05) is 5.32 Å². The molecule has 212 valence electrons. The molecule has 0 unspecified atom stereocenters. The summed E-state index contributed by atoms with van der Waals surface area (Å²) in [7, 11) is 0. The van der Waals surface area contributed by atoms with E-state index in [0.29, 0.717) is 5.03 Å². The zero-order chi connectivity index (χ0) is 28.8. The van der Waals surface area contributed by atoms with Gasteiger partial charge in [0.1, 0.15) is 11.5 Å². The summed E-state index contributed by atoms with van der Waals surface area (Å²) >= 11 is 6.79. The number of aliphatic imine (C=N–C) groups is 1. The highest BCUT2D eigenvalue weighted by Crippen LogP contribution is 2.33. The normalized spacial score (nSPS) is 23.1. The number of halogens is 2. The second-order valence-corrected chi connectivity index (χ2v) is 10.7. The smallest absolute Gasteiger partial charge is 0.283 e. The fourth-order valence-corrected chi connectivity index (χ4v) is 5.47. The van der Waals surface area contributed by atoms with Crippen molar-refractivity contribution in [2.24, 2.45) is 4.99 Å². The van der Waals surface area contributed by atoms with Crippen LogP contribution in [0.2, 0.25) is 0 Å². The molecule has 3 heterocycles. The van der Waals surface area contributed by atoms with Crippen LogP contribution in [0.25, 0.3) is 16.5 Å². The average molecular weight is 575 g/mol. The van der Waals surface area contributed by atoms with Gasteiger partial charge in [-0.05, 0) is 62.3 Å². The van der Waals surface area contributed by atoms with Gasteiger partial charge in [-0.1, -0.05) is 42.5 Å². The second-order valence-electron chi connectivity index (χ2n) is 10.3. The van der Waals surface area contributed by atoms with Crippen LogP contribution < -0.4 is 16.0 Å². The van der Waals surface area contributed by atoms with E-state index in [1.807, 2.05) is 24.5 Å². The number of pyridine rings is 1. The standard InChI is InChI=1S/C31H32ClFN6O2/c1-19(33)30(40)39-22-13-14-28(34-16-22)31(41)38-21-8-6-7-20(15-21)37-29-12-5-3-9-23(26(32)18-36-29)25-17-35-27-11-4-2-10-24(25)27/h2,4,9-11,13-14,16-18,20-21,35H,1,3,5-8,12,15H2,(H,36,37)(H,38,41)(H,39,40)/b23-9-,26-18+/t20-,21+/m1/s1. The first kappa shape index (κ1) is 28.3. The topological polar surface area (TPSA) is 111 Å². The average Bonchev–Trinajstić information content (AvgIpc) is 3.42. The number of amidine groups is 1. The van der Waals surface area contributed by atoms with Crippen LogP contribution in [0.1, 0.15) is 61.0 Å². The van der Waals surface area contributed by atoms with Crippen molar-refractivity contribution < 1.29 is 14.0 Å². The van der Waals surface area contributed by atoms with Gasteiger partial charge in [0, 0.05) is 41.3 Å². The van der Waals surface area contributed by atoms with Crippen molar-refractivity contribution in [3.63, 3.8) is 0 Å². The number of aromatic amines is 1. The number of anilines is 1. The third kappa shape index (κ3) is 7.10. The summed E-state index contributed by atoms with van der Waals surface area (Å²) < 4.78 is 12.9. The van der Waals surface area contributed by atoms with Crippen molar-refractivity contribution in [3.8, 4) is 0 Å². The molecule has 4 N–H and O–H groups in total. The van der Waals surface area contributed by atoms with Crippen molar-refractivity contribution in [1.82, 2.24) is 20.6 Å². The number of rotatable bonds is 6. The largest absolute Gasteiger partial charge is 0.361 e. The fraction of sp³-hybridized carbons (Fsp3) is 0.290.